The van der Waals surface area contributed by atoms with Crippen molar-refractivity contribution in [2.24, 2.45) is 4.99 Å². The highest BCUT2D eigenvalue weighted by Crippen LogP contribution is 2.47. The van der Waals surface area contributed by atoms with Crippen LogP contribution >= 0.6 is 35.3 Å². The molecule has 5 heteroatoms. The van der Waals surface area contributed by atoms with Gasteiger partial charge in [-0.15, -0.1) is 35.3 Å². The fraction of sp³-hybridized carbons (Fsp3) is 0.389. The van der Waals surface area contributed by atoms with Crippen LogP contribution in [0, 0.1) is 6.92 Å². The Bertz CT molecular complexity index is 647. The Morgan fingerprint density at radius 2 is 1.91 bits per heavy atom. The van der Waals surface area contributed by atoms with Crippen LogP contribution in [0.25, 0.3) is 0 Å². The second-order valence-corrected chi connectivity index (χ2v) is 6.95. The van der Waals surface area contributed by atoms with Gasteiger partial charge < -0.3 is 10.6 Å². The third-order valence-electron chi connectivity index (χ3n) is 4.44. The summed E-state index contributed by atoms with van der Waals surface area (Å²) < 4.78 is 0. The first-order valence-electron chi connectivity index (χ1n) is 7.76. The van der Waals surface area contributed by atoms with Gasteiger partial charge in [0.25, 0.3) is 0 Å². The van der Waals surface area contributed by atoms with E-state index in [1.807, 2.05) is 7.05 Å². The van der Waals surface area contributed by atoms with Gasteiger partial charge in [-0.1, -0.05) is 30.3 Å². The predicted octanol–water partition coefficient (Wildman–Crippen LogP) is 4.07. The summed E-state index contributed by atoms with van der Waals surface area (Å²) in [7, 11) is 1.83. The van der Waals surface area contributed by atoms with Gasteiger partial charge in [-0.05, 0) is 42.3 Å². The number of nitrogens with zero attached hydrogens (tertiary/aromatic N) is 1. The molecule has 1 fully saturated rings. The monoisotopic (exact) mass is 441 g/mol. The summed E-state index contributed by atoms with van der Waals surface area (Å²) >= 11 is 1.79. The van der Waals surface area contributed by atoms with E-state index < -0.39 is 0 Å². The number of halogens is 1. The zero-order valence-corrected chi connectivity index (χ0v) is 16.8. The molecule has 1 aliphatic carbocycles. The van der Waals surface area contributed by atoms with E-state index in [4.69, 9.17) is 0 Å². The van der Waals surface area contributed by atoms with Crippen molar-refractivity contribution in [2.45, 2.75) is 31.7 Å². The first-order valence-corrected chi connectivity index (χ1v) is 8.64. The lowest BCUT2D eigenvalue weighted by Gasteiger charge is -2.19. The van der Waals surface area contributed by atoms with Crippen LogP contribution in [0.4, 0.5) is 0 Å². The number of thiophene rings is 1. The molecule has 0 spiro atoms. The highest BCUT2D eigenvalue weighted by molar-refractivity contribution is 14.0. The van der Waals surface area contributed by atoms with Crippen LogP contribution in [0.1, 0.15) is 28.8 Å². The van der Waals surface area contributed by atoms with Gasteiger partial charge in [0.05, 0.1) is 6.54 Å². The van der Waals surface area contributed by atoms with Gasteiger partial charge in [0.1, 0.15) is 0 Å². The largest absolute Gasteiger partial charge is 0.356 e. The zero-order chi connectivity index (χ0) is 15.4. The van der Waals surface area contributed by atoms with Crippen molar-refractivity contribution in [1.82, 2.24) is 10.6 Å². The molecule has 124 valence electrons. The quantitative estimate of drug-likeness (QED) is 0.417. The number of benzene rings is 1. The Kier molecular flexibility index (Phi) is 6.47. The molecule has 2 aromatic rings. The Labute approximate surface area is 159 Å². The van der Waals surface area contributed by atoms with E-state index in [0.717, 1.165) is 19.0 Å². The van der Waals surface area contributed by atoms with E-state index in [1.165, 1.54) is 28.8 Å². The molecule has 1 heterocycles. The number of nitrogens with one attached hydrogen (secondary N) is 2. The molecule has 1 aromatic carbocycles. The number of hydrogen-bond donors (Lipinski definition) is 2. The van der Waals surface area contributed by atoms with Crippen molar-refractivity contribution in [3.8, 4) is 0 Å². The summed E-state index contributed by atoms with van der Waals surface area (Å²) in [4.78, 5) is 5.71. The Morgan fingerprint density at radius 1 is 1.17 bits per heavy atom. The summed E-state index contributed by atoms with van der Waals surface area (Å²) in [5.41, 5.74) is 3.08. The molecule has 0 aliphatic heterocycles. The number of rotatable bonds is 5. The van der Waals surface area contributed by atoms with E-state index >= 15 is 0 Å². The molecule has 0 atom stereocenters. The van der Waals surface area contributed by atoms with Crippen LogP contribution in [-0.2, 0) is 12.0 Å². The lowest BCUT2D eigenvalue weighted by Crippen LogP contribution is -2.40. The van der Waals surface area contributed by atoms with E-state index in [9.17, 15) is 0 Å². The number of guanidine groups is 1. The summed E-state index contributed by atoms with van der Waals surface area (Å²) in [5.74, 6) is 0.884. The van der Waals surface area contributed by atoms with Crippen molar-refractivity contribution in [3.63, 3.8) is 0 Å². The SMILES string of the molecule is CN=C(NCc1sccc1C)NCC1(c2ccccc2)CC1.I. The summed E-state index contributed by atoms with van der Waals surface area (Å²) in [6.07, 6.45) is 2.51. The fourth-order valence-electron chi connectivity index (χ4n) is 2.73. The first kappa shape index (κ1) is 18.3. The van der Waals surface area contributed by atoms with Crippen LogP contribution in [0.2, 0.25) is 0 Å². The lowest BCUT2D eigenvalue weighted by atomic mass is 9.96. The summed E-state index contributed by atoms with van der Waals surface area (Å²) in [6, 6.07) is 13.0. The van der Waals surface area contributed by atoms with Gasteiger partial charge >= 0.3 is 0 Å². The summed E-state index contributed by atoms with van der Waals surface area (Å²) in [6.45, 7) is 3.93. The zero-order valence-electron chi connectivity index (χ0n) is 13.6. The molecule has 0 radical (unpaired) electrons. The highest BCUT2D eigenvalue weighted by Gasteiger charge is 2.43. The number of aryl methyl sites for hydroxylation is 1. The Morgan fingerprint density at radius 3 is 2.48 bits per heavy atom. The second-order valence-electron chi connectivity index (χ2n) is 5.95. The van der Waals surface area contributed by atoms with Crippen LogP contribution in [0.5, 0.6) is 0 Å². The van der Waals surface area contributed by atoms with Gasteiger partial charge in [0.15, 0.2) is 5.96 Å². The molecule has 1 aliphatic rings. The predicted molar refractivity (Wildman–Crippen MR) is 110 cm³/mol. The van der Waals surface area contributed by atoms with Crippen LogP contribution in [0.15, 0.2) is 46.8 Å². The van der Waals surface area contributed by atoms with Crippen molar-refractivity contribution in [2.75, 3.05) is 13.6 Å². The molecule has 23 heavy (non-hydrogen) atoms. The third-order valence-corrected chi connectivity index (χ3v) is 5.47. The Hall–Kier alpha value is -1.08. The normalized spacial score (nSPS) is 15.7. The van der Waals surface area contributed by atoms with E-state index in [1.54, 1.807) is 11.3 Å². The fourth-order valence-corrected chi connectivity index (χ4v) is 3.58. The van der Waals surface area contributed by atoms with Crippen LogP contribution < -0.4 is 10.6 Å². The minimum absolute atomic E-state index is 0. The molecule has 3 rings (SSSR count). The van der Waals surface area contributed by atoms with Crippen LogP contribution in [-0.4, -0.2) is 19.6 Å². The molecule has 1 saturated carbocycles. The third kappa shape index (κ3) is 4.47. The van der Waals surface area contributed by atoms with Crippen molar-refractivity contribution in [3.05, 3.63) is 57.8 Å². The molecule has 1 aromatic heterocycles. The topological polar surface area (TPSA) is 36.4 Å². The first-order chi connectivity index (χ1) is 10.7. The lowest BCUT2D eigenvalue weighted by molar-refractivity contribution is 0.646. The number of aliphatic imine (C=N–C) groups is 1. The minimum atomic E-state index is 0. The van der Waals surface area contributed by atoms with Gasteiger partial charge in [0.2, 0.25) is 0 Å². The molecular formula is C18H24IN3S. The maximum atomic E-state index is 4.34. The van der Waals surface area contributed by atoms with Gasteiger partial charge in [-0.3, -0.25) is 4.99 Å². The molecule has 0 unspecified atom stereocenters. The molecule has 3 nitrogen and oxygen atoms in total. The van der Waals surface area contributed by atoms with Crippen molar-refractivity contribution < 1.29 is 0 Å². The maximum Gasteiger partial charge on any atom is 0.191 e. The molecule has 0 bridgehead atoms. The average molecular weight is 441 g/mol. The van der Waals surface area contributed by atoms with E-state index in [-0.39, 0.29) is 24.0 Å². The van der Waals surface area contributed by atoms with Crippen LogP contribution in [0.3, 0.4) is 0 Å². The van der Waals surface area contributed by atoms with Gasteiger partial charge in [-0.2, -0.15) is 0 Å². The molecular weight excluding hydrogens is 417 g/mol. The molecule has 2 N–H and O–H groups in total. The smallest absolute Gasteiger partial charge is 0.191 e. The molecule has 0 saturated heterocycles. The van der Waals surface area contributed by atoms with Crippen molar-refractivity contribution >= 4 is 41.3 Å². The Balaban J connectivity index is 0.00000192. The maximum absolute atomic E-state index is 4.34. The standard InChI is InChI=1S/C18H23N3S.HI/c1-14-8-11-22-16(14)12-20-17(19-2)21-13-18(9-10-18)15-6-4-3-5-7-15;/h3-8,11H,9-10,12-13H2,1-2H3,(H2,19,20,21);1H. The number of hydrogen-bond acceptors (Lipinski definition) is 2. The average Bonchev–Trinajstić information content (AvgIpc) is 3.25. The summed E-state index contributed by atoms with van der Waals surface area (Å²) in [5, 5.41) is 9.05. The van der Waals surface area contributed by atoms with Crippen molar-refractivity contribution in [1.29, 1.82) is 0 Å². The highest BCUT2D eigenvalue weighted by atomic mass is 127. The van der Waals surface area contributed by atoms with E-state index in [0.29, 0.717) is 5.41 Å². The minimum Gasteiger partial charge on any atom is -0.356 e. The second kappa shape index (κ2) is 8.15. The molecule has 0 amide bonds. The van der Waals surface area contributed by atoms with E-state index in [2.05, 4.69) is 64.3 Å². The van der Waals surface area contributed by atoms with Gasteiger partial charge in [-0.25, -0.2) is 0 Å². The van der Waals surface area contributed by atoms with Gasteiger partial charge in [0, 0.05) is 23.9 Å².